The SMILES string of the molecule is Cc1cc2c3c([n+](C)cnc3c1)-c1c(c(C(C)(C)C)c3ccccc3c1C)O2. The first-order chi connectivity index (χ1) is 13.3. The Morgan fingerprint density at radius 2 is 1.71 bits per heavy atom. The minimum Gasteiger partial charge on any atom is -0.455 e. The number of aromatic nitrogens is 2. The summed E-state index contributed by atoms with van der Waals surface area (Å²) in [5, 5.41) is 3.66. The van der Waals surface area contributed by atoms with E-state index in [-0.39, 0.29) is 5.41 Å². The maximum Gasteiger partial charge on any atom is 0.287 e. The Kier molecular flexibility index (Phi) is 3.40. The molecule has 0 saturated heterocycles. The maximum absolute atomic E-state index is 6.68. The van der Waals surface area contributed by atoms with E-state index in [1.54, 1.807) is 0 Å². The van der Waals surface area contributed by atoms with Crippen LogP contribution in [0.4, 0.5) is 0 Å². The van der Waals surface area contributed by atoms with E-state index in [1.165, 1.54) is 33.2 Å². The van der Waals surface area contributed by atoms with Gasteiger partial charge in [-0.1, -0.05) is 45.0 Å². The molecule has 0 radical (unpaired) electrons. The van der Waals surface area contributed by atoms with Gasteiger partial charge >= 0.3 is 0 Å². The molecule has 0 spiro atoms. The first kappa shape index (κ1) is 17.2. The molecule has 0 atom stereocenters. The summed E-state index contributed by atoms with van der Waals surface area (Å²) in [6, 6.07) is 13.0. The number of ether oxygens (including phenoxy) is 1. The number of rotatable bonds is 0. The van der Waals surface area contributed by atoms with Gasteiger partial charge in [-0.3, -0.25) is 0 Å². The average molecular weight is 369 g/mol. The van der Waals surface area contributed by atoms with Crippen molar-refractivity contribution in [3.8, 4) is 22.8 Å². The molecule has 0 amide bonds. The lowest BCUT2D eigenvalue weighted by molar-refractivity contribution is -0.662. The van der Waals surface area contributed by atoms with E-state index in [2.05, 4.69) is 87.6 Å². The van der Waals surface area contributed by atoms with Crippen LogP contribution in [-0.4, -0.2) is 4.98 Å². The highest BCUT2D eigenvalue weighted by atomic mass is 16.5. The van der Waals surface area contributed by atoms with Crippen LogP contribution in [0.3, 0.4) is 0 Å². The molecule has 0 saturated carbocycles. The van der Waals surface area contributed by atoms with Gasteiger partial charge < -0.3 is 4.74 Å². The third kappa shape index (κ3) is 2.22. The molecule has 3 aromatic carbocycles. The van der Waals surface area contributed by atoms with Gasteiger partial charge in [0, 0.05) is 5.56 Å². The molecule has 4 aromatic rings. The van der Waals surface area contributed by atoms with Crippen LogP contribution in [-0.2, 0) is 12.5 Å². The second-order valence-corrected chi connectivity index (χ2v) is 8.96. The second-order valence-electron chi connectivity index (χ2n) is 8.96. The van der Waals surface area contributed by atoms with E-state index in [0.717, 1.165) is 28.0 Å². The molecule has 1 aliphatic heterocycles. The summed E-state index contributed by atoms with van der Waals surface area (Å²) in [5.41, 5.74) is 6.99. The van der Waals surface area contributed by atoms with E-state index >= 15 is 0 Å². The van der Waals surface area contributed by atoms with Crippen molar-refractivity contribution in [3.05, 3.63) is 59.4 Å². The van der Waals surface area contributed by atoms with Gasteiger partial charge in [-0.2, -0.15) is 0 Å². The normalized spacial score (nSPS) is 12.9. The zero-order chi connectivity index (χ0) is 19.8. The molecule has 3 nitrogen and oxygen atoms in total. The fraction of sp³-hybridized carbons (Fsp3) is 0.280. The summed E-state index contributed by atoms with van der Waals surface area (Å²) in [5.74, 6) is 1.89. The van der Waals surface area contributed by atoms with E-state index in [4.69, 9.17) is 4.74 Å². The van der Waals surface area contributed by atoms with Crippen molar-refractivity contribution in [2.45, 2.75) is 40.0 Å². The Bertz CT molecular complexity index is 1300. The monoisotopic (exact) mass is 369 g/mol. The lowest BCUT2D eigenvalue weighted by Crippen LogP contribution is -2.33. The molecule has 2 heterocycles. The number of hydrogen-bond acceptors (Lipinski definition) is 2. The van der Waals surface area contributed by atoms with Gasteiger partial charge in [0.1, 0.15) is 16.9 Å². The molecule has 0 fully saturated rings. The molecular formula is C25H25N2O+. The molecule has 0 N–H and O–H groups in total. The molecule has 0 bridgehead atoms. The fourth-order valence-electron chi connectivity index (χ4n) is 4.66. The zero-order valence-electron chi connectivity index (χ0n) is 17.3. The van der Waals surface area contributed by atoms with Crippen LogP contribution in [0.15, 0.2) is 42.7 Å². The largest absolute Gasteiger partial charge is 0.455 e. The lowest BCUT2D eigenvalue weighted by atomic mass is 9.78. The second kappa shape index (κ2) is 5.54. The molecule has 0 aliphatic carbocycles. The first-order valence-electron chi connectivity index (χ1n) is 9.80. The molecule has 1 aliphatic rings. The van der Waals surface area contributed by atoms with Gasteiger partial charge in [-0.25, -0.2) is 4.57 Å². The van der Waals surface area contributed by atoms with E-state index in [0.29, 0.717) is 0 Å². The van der Waals surface area contributed by atoms with Crippen molar-refractivity contribution in [3.63, 3.8) is 0 Å². The number of fused-ring (bicyclic) bond motifs is 3. The van der Waals surface area contributed by atoms with Gasteiger partial charge in [-0.15, -0.1) is 0 Å². The highest BCUT2D eigenvalue weighted by Gasteiger charge is 2.35. The highest BCUT2D eigenvalue weighted by molar-refractivity contribution is 6.06. The summed E-state index contributed by atoms with van der Waals surface area (Å²) in [4.78, 5) is 4.66. The molecule has 0 unspecified atom stereocenters. The van der Waals surface area contributed by atoms with E-state index in [9.17, 15) is 0 Å². The van der Waals surface area contributed by atoms with E-state index in [1.807, 2.05) is 6.33 Å². The predicted octanol–water partition coefficient (Wildman–Crippen LogP) is 5.90. The number of nitrogens with zero attached hydrogens (tertiary/aromatic N) is 2. The summed E-state index contributed by atoms with van der Waals surface area (Å²) < 4.78 is 8.81. The van der Waals surface area contributed by atoms with E-state index < -0.39 is 0 Å². The Morgan fingerprint density at radius 3 is 2.43 bits per heavy atom. The van der Waals surface area contributed by atoms with Gasteiger partial charge in [0.2, 0.25) is 0 Å². The third-order valence-corrected chi connectivity index (χ3v) is 5.81. The summed E-state index contributed by atoms with van der Waals surface area (Å²) >= 11 is 0. The standard InChI is InChI=1S/C25H25N2O/c1-14-11-18-21-19(12-14)28-24-20(23(21)27(6)13-26-18)15(2)16-9-7-8-10-17(16)22(24)25(3,4)5/h7-13H,1-6H3/q+1. The highest BCUT2D eigenvalue weighted by Crippen LogP contribution is 2.52. The first-order valence-corrected chi connectivity index (χ1v) is 9.80. The van der Waals surface area contributed by atoms with Gasteiger partial charge in [0.15, 0.2) is 11.2 Å². The lowest BCUT2D eigenvalue weighted by Gasteiger charge is -2.30. The van der Waals surface area contributed by atoms with Crippen LogP contribution >= 0.6 is 0 Å². The minimum absolute atomic E-state index is 0.0522. The minimum atomic E-state index is -0.0522. The predicted molar refractivity (Wildman–Crippen MR) is 114 cm³/mol. The number of hydrogen-bond donors (Lipinski definition) is 0. The molecule has 140 valence electrons. The van der Waals surface area contributed by atoms with Gasteiger partial charge in [-0.05, 0) is 58.3 Å². The average Bonchev–Trinajstić information content (AvgIpc) is 2.62. The van der Waals surface area contributed by atoms with Crippen molar-refractivity contribution in [1.29, 1.82) is 0 Å². The fourth-order valence-corrected chi connectivity index (χ4v) is 4.66. The number of benzene rings is 3. The van der Waals surface area contributed by atoms with Crippen LogP contribution in [0.25, 0.3) is 32.9 Å². The molecule has 1 aromatic heterocycles. The van der Waals surface area contributed by atoms with Crippen LogP contribution < -0.4 is 9.30 Å². The van der Waals surface area contributed by atoms with Gasteiger partial charge in [0.05, 0.1) is 12.6 Å². The molecule has 28 heavy (non-hydrogen) atoms. The summed E-state index contributed by atoms with van der Waals surface area (Å²) in [7, 11) is 2.08. The Labute approximate surface area is 165 Å². The van der Waals surface area contributed by atoms with Crippen molar-refractivity contribution >= 4 is 21.7 Å². The van der Waals surface area contributed by atoms with Crippen molar-refractivity contribution in [2.24, 2.45) is 7.05 Å². The number of aryl methyl sites for hydroxylation is 3. The molecular weight excluding hydrogens is 344 g/mol. The van der Waals surface area contributed by atoms with Crippen molar-refractivity contribution < 1.29 is 9.30 Å². The topological polar surface area (TPSA) is 26.0 Å². The van der Waals surface area contributed by atoms with Crippen LogP contribution in [0.1, 0.15) is 37.5 Å². The molecule has 3 heteroatoms. The summed E-state index contributed by atoms with van der Waals surface area (Å²) in [6.45, 7) is 11.1. The quantitative estimate of drug-likeness (QED) is 0.318. The Morgan fingerprint density at radius 1 is 1.00 bits per heavy atom. The summed E-state index contributed by atoms with van der Waals surface area (Å²) in [6.07, 6.45) is 1.92. The molecule has 5 rings (SSSR count). The smallest absolute Gasteiger partial charge is 0.287 e. The zero-order valence-corrected chi connectivity index (χ0v) is 17.3. The van der Waals surface area contributed by atoms with Crippen LogP contribution in [0.2, 0.25) is 0 Å². The van der Waals surface area contributed by atoms with Crippen molar-refractivity contribution in [1.82, 2.24) is 4.98 Å². The van der Waals surface area contributed by atoms with Crippen molar-refractivity contribution in [2.75, 3.05) is 0 Å². The van der Waals surface area contributed by atoms with Crippen LogP contribution in [0, 0.1) is 13.8 Å². The van der Waals surface area contributed by atoms with Gasteiger partial charge in [0.25, 0.3) is 6.33 Å². The third-order valence-electron chi connectivity index (χ3n) is 5.81. The maximum atomic E-state index is 6.68. The van der Waals surface area contributed by atoms with Crippen LogP contribution in [0.5, 0.6) is 11.5 Å². The Hall–Kier alpha value is -2.94. The Balaban J connectivity index is 2.06.